The minimum atomic E-state index is -1.02. The normalized spacial score (nSPS) is 18.1. The minimum Gasteiger partial charge on any atom is -0.478 e. The number of nitrogens with zero attached hydrogens (tertiary/aromatic N) is 2. The molecule has 0 unspecified atom stereocenters. The van der Waals surface area contributed by atoms with Crippen LogP contribution in [0, 0.1) is 0 Å². The summed E-state index contributed by atoms with van der Waals surface area (Å²) in [5, 5.41) is 11.6. The van der Waals surface area contributed by atoms with E-state index in [1.165, 1.54) is 6.08 Å². The molecule has 0 saturated carbocycles. The molecule has 1 saturated heterocycles. The molecule has 2 N–H and O–H groups in total. The number of amides is 1. The van der Waals surface area contributed by atoms with Gasteiger partial charge in [0.15, 0.2) is 0 Å². The number of anilines is 1. The third-order valence-electron chi connectivity index (χ3n) is 3.33. The number of pyridine rings is 1. The molecule has 1 aliphatic rings. The summed E-state index contributed by atoms with van der Waals surface area (Å²) in [4.78, 5) is 28.8. The van der Waals surface area contributed by atoms with E-state index >= 15 is 0 Å². The van der Waals surface area contributed by atoms with Gasteiger partial charge in [-0.25, -0.2) is 9.78 Å². The van der Waals surface area contributed by atoms with Crippen LogP contribution in [0.5, 0.6) is 0 Å². The molecule has 1 aliphatic heterocycles. The maximum Gasteiger partial charge on any atom is 0.328 e. The lowest BCUT2D eigenvalue weighted by atomic mass is 9.98. The maximum absolute atomic E-state index is 12.0. The van der Waals surface area contributed by atoms with Crippen molar-refractivity contribution in [3.63, 3.8) is 0 Å². The van der Waals surface area contributed by atoms with Crippen molar-refractivity contribution < 1.29 is 14.7 Å². The van der Waals surface area contributed by atoms with Gasteiger partial charge in [0.25, 0.3) is 0 Å². The van der Waals surface area contributed by atoms with Gasteiger partial charge in [0.05, 0.1) is 0 Å². The van der Waals surface area contributed by atoms with Crippen molar-refractivity contribution in [2.45, 2.75) is 19.4 Å². The molecule has 0 aromatic carbocycles. The summed E-state index contributed by atoms with van der Waals surface area (Å²) >= 11 is 0. The number of rotatable bonds is 3. The third kappa shape index (κ3) is 2.64. The van der Waals surface area contributed by atoms with E-state index in [4.69, 9.17) is 5.11 Å². The van der Waals surface area contributed by atoms with Crippen molar-refractivity contribution in [1.29, 1.82) is 0 Å². The summed E-state index contributed by atoms with van der Waals surface area (Å²) in [6, 6.07) is 3.52. The molecule has 6 heteroatoms. The fourth-order valence-electron chi connectivity index (χ4n) is 2.20. The molecule has 0 bridgehead atoms. The standard InChI is InChI=1S/C14H17N3O3/c1-14(2)13(20)16-8-9-17(14)12-10(4-3-7-15-12)5-6-11(18)19/h3-7H,8-9H2,1-2H3,(H,16,20)(H,18,19)/b6-5+. The van der Waals surface area contributed by atoms with Gasteiger partial charge in [-0.3, -0.25) is 4.79 Å². The number of nitrogens with one attached hydrogen (secondary N) is 1. The van der Waals surface area contributed by atoms with Crippen LogP contribution in [0.3, 0.4) is 0 Å². The Morgan fingerprint density at radius 3 is 3.00 bits per heavy atom. The molecule has 1 amide bonds. The van der Waals surface area contributed by atoms with Crippen molar-refractivity contribution in [2.24, 2.45) is 0 Å². The second-order valence-electron chi connectivity index (χ2n) is 5.05. The molecule has 1 aromatic heterocycles. The number of carboxylic acid groups (broad SMARTS) is 1. The van der Waals surface area contributed by atoms with Gasteiger partial charge in [0, 0.05) is 30.9 Å². The molecular formula is C14H17N3O3. The SMILES string of the molecule is CC1(C)C(=O)NCCN1c1ncccc1/C=C/C(=O)O. The van der Waals surface area contributed by atoms with E-state index in [-0.39, 0.29) is 5.91 Å². The molecule has 0 spiro atoms. The Bertz CT molecular complexity index is 567. The van der Waals surface area contributed by atoms with Gasteiger partial charge in [-0.05, 0) is 32.1 Å². The van der Waals surface area contributed by atoms with Crippen LogP contribution in [0.15, 0.2) is 24.4 Å². The first kappa shape index (κ1) is 14.0. The summed E-state index contributed by atoms with van der Waals surface area (Å²) < 4.78 is 0. The Balaban J connectivity index is 2.41. The topological polar surface area (TPSA) is 82.5 Å². The smallest absolute Gasteiger partial charge is 0.328 e. The van der Waals surface area contributed by atoms with Gasteiger partial charge >= 0.3 is 5.97 Å². The predicted molar refractivity (Wildman–Crippen MR) is 75.3 cm³/mol. The highest BCUT2D eigenvalue weighted by molar-refractivity contribution is 5.91. The molecule has 6 nitrogen and oxygen atoms in total. The number of carbonyl (C=O) groups excluding carboxylic acids is 1. The Labute approximate surface area is 117 Å². The average molecular weight is 275 g/mol. The van der Waals surface area contributed by atoms with Crippen LogP contribution in [-0.4, -0.2) is 40.6 Å². The van der Waals surface area contributed by atoms with Gasteiger partial charge in [0.1, 0.15) is 11.4 Å². The Morgan fingerprint density at radius 2 is 2.30 bits per heavy atom. The number of hydrogen-bond acceptors (Lipinski definition) is 4. The Hall–Kier alpha value is -2.37. The van der Waals surface area contributed by atoms with Crippen molar-refractivity contribution >= 4 is 23.8 Å². The number of aliphatic carboxylic acids is 1. The second kappa shape index (κ2) is 5.32. The molecule has 2 heterocycles. The highest BCUT2D eigenvalue weighted by Gasteiger charge is 2.38. The van der Waals surface area contributed by atoms with Crippen molar-refractivity contribution in [1.82, 2.24) is 10.3 Å². The van der Waals surface area contributed by atoms with Gasteiger partial charge < -0.3 is 15.3 Å². The zero-order valence-electron chi connectivity index (χ0n) is 11.5. The molecule has 0 atom stereocenters. The van der Waals surface area contributed by atoms with E-state index in [1.807, 2.05) is 18.7 Å². The molecule has 106 valence electrons. The number of carboxylic acids is 1. The van der Waals surface area contributed by atoms with E-state index in [2.05, 4.69) is 10.3 Å². The van der Waals surface area contributed by atoms with Crippen molar-refractivity contribution in [3.05, 3.63) is 30.0 Å². The lowest BCUT2D eigenvalue weighted by molar-refractivity contribution is -0.131. The van der Waals surface area contributed by atoms with Crippen LogP contribution in [-0.2, 0) is 9.59 Å². The van der Waals surface area contributed by atoms with E-state index in [0.29, 0.717) is 24.5 Å². The second-order valence-corrected chi connectivity index (χ2v) is 5.05. The number of piperazine rings is 1. The van der Waals surface area contributed by atoms with Crippen molar-refractivity contribution in [2.75, 3.05) is 18.0 Å². The highest BCUT2D eigenvalue weighted by atomic mass is 16.4. The van der Waals surface area contributed by atoms with Crippen LogP contribution in [0.2, 0.25) is 0 Å². The Morgan fingerprint density at radius 1 is 1.55 bits per heavy atom. The highest BCUT2D eigenvalue weighted by Crippen LogP contribution is 2.27. The number of aromatic nitrogens is 1. The average Bonchev–Trinajstić information content (AvgIpc) is 2.40. The number of hydrogen-bond donors (Lipinski definition) is 2. The predicted octanol–water partition coefficient (Wildman–Crippen LogP) is 0.894. The zero-order valence-corrected chi connectivity index (χ0v) is 11.5. The van der Waals surface area contributed by atoms with Gasteiger partial charge in [-0.2, -0.15) is 0 Å². The third-order valence-corrected chi connectivity index (χ3v) is 3.33. The van der Waals surface area contributed by atoms with Crippen LogP contribution in [0.1, 0.15) is 19.4 Å². The van der Waals surface area contributed by atoms with Crippen molar-refractivity contribution in [3.8, 4) is 0 Å². The molecule has 20 heavy (non-hydrogen) atoms. The fraction of sp³-hybridized carbons (Fsp3) is 0.357. The molecular weight excluding hydrogens is 258 g/mol. The monoisotopic (exact) mass is 275 g/mol. The summed E-state index contributed by atoms with van der Waals surface area (Å²) in [6.45, 7) is 4.81. The summed E-state index contributed by atoms with van der Waals surface area (Å²) in [7, 11) is 0. The van der Waals surface area contributed by atoms with Crippen LogP contribution < -0.4 is 10.2 Å². The largest absolute Gasteiger partial charge is 0.478 e. The lowest BCUT2D eigenvalue weighted by Gasteiger charge is -2.42. The quantitative estimate of drug-likeness (QED) is 0.801. The Kier molecular flexibility index (Phi) is 3.74. The van der Waals surface area contributed by atoms with E-state index < -0.39 is 11.5 Å². The summed E-state index contributed by atoms with van der Waals surface area (Å²) in [5.41, 5.74) is -0.0454. The lowest BCUT2D eigenvalue weighted by Crippen LogP contribution is -2.62. The summed E-state index contributed by atoms with van der Waals surface area (Å²) in [5.74, 6) is -0.470. The fourth-order valence-corrected chi connectivity index (χ4v) is 2.20. The van der Waals surface area contributed by atoms with E-state index in [0.717, 1.165) is 6.08 Å². The van der Waals surface area contributed by atoms with E-state index in [1.54, 1.807) is 18.3 Å². The number of carbonyl (C=O) groups is 2. The minimum absolute atomic E-state index is 0.0671. The molecule has 1 fully saturated rings. The van der Waals surface area contributed by atoms with E-state index in [9.17, 15) is 9.59 Å². The zero-order chi connectivity index (χ0) is 14.8. The maximum atomic E-state index is 12.0. The molecule has 2 rings (SSSR count). The van der Waals surface area contributed by atoms with Crippen LogP contribution in [0.4, 0.5) is 5.82 Å². The van der Waals surface area contributed by atoms with Crippen LogP contribution in [0.25, 0.3) is 6.08 Å². The first-order valence-corrected chi connectivity index (χ1v) is 6.35. The molecule has 0 aliphatic carbocycles. The molecule has 1 aromatic rings. The first-order valence-electron chi connectivity index (χ1n) is 6.35. The van der Waals surface area contributed by atoms with Gasteiger partial charge in [-0.15, -0.1) is 0 Å². The summed E-state index contributed by atoms with van der Waals surface area (Å²) in [6.07, 6.45) is 4.20. The first-order chi connectivity index (χ1) is 9.43. The van der Waals surface area contributed by atoms with Gasteiger partial charge in [-0.1, -0.05) is 0 Å². The van der Waals surface area contributed by atoms with Gasteiger partial charge in [0.2, 0.25) is 5.91 Å². The van der Waals surface area contributed by atoms with Crippen LogP contribution >= 0.6 is 0 Å². The molecule has 0 radical (unpaired) electrons.